The Balaban J connectivity index is 0.00000300. The van der Waals surface area contributed by atoms with Crippen molar-refractivity contribution in [1.82, 2.24) is 5.32 Å². The van der Waals surface area contributed by atoms with Gasteiger partial charge in [-0.05, 0) is 37.5 Å². The van der Waals surface area contributed by atoms with Gasteiger partial charge in [0, 0.05) is 17.8 Å². The lowest BCUT2D eigenvalue weighted by molar-refractivity contribution is -0.123. The molecule has 1 unspecified atom stereocenters. The molecule has 1 saturated carbocycles. The van der Waals surface area contributed by atoms with Crippen molar-refractivity contribution < 1.29 is 19.1 Å². The third-order valence-corrected chi connectivity index (χ3v) is 4.45. The van der Waals surface area contributed by atoms with E-state index in [1.807, 2.05) is 31.2 Å². The second-order valence-corrected chi connectivity index (χ2v) is 6.87. The standard InChI is InChI=1S/C21H25N3O4.ClH/c1-13-3-5-14(6-4-13)20(22)21(26)24-16-9-10-17(27-2)18(11-16)28-12-19(25)23-15-7-8-15;/h3-6,9-11,15,20H,7-8,12,22H2,1-2H3,(H,23,25)(H,24,26);1H. The van der Waals surface area contributed by atoms with Crippen LogP contribution in [0.3, 0.4) is 0 Å². The van der Waals surface area contributed by atoms with E-state index in [0.717, 1.165) is 24.0 Å². The minimum Gasteiger partial charge on any atom is -0.493 e. The van der Waals surface area contributed by atoms with Crippen LogP contribution in [0.25, 0.3) is 0 Å². The second kappa shape index (κ2) is 10.1. The predicted octanol–water partition coefficient (Wildman–Crippen LogP) is 2.72. The minimum atomic E-state index is -0.795. The van der Waals surface area contributed by atoms with E-state index in [4.69, 9.17) is 15.2 Å². The van der Waals surface area contributed by atoms with Crippen LogP contribution < -0.4 is 25.8 Å². The molecule has 0 radical (unpaired) electrons. The van der Waals surface area contributed by atoms with Crippen LogP contribution in [-0.2, 0) is 9.59 Å². The molecule has 29 heavy (non-hydrogen) atoms. The van der Waals surface area contributed by atoms with Gasteiger partial charge in [-0.2, -0.15) is 0 Å². The summed E-state index contributed by atoms with van der Waals surface area (Å²) in [6.45, 7) is 1.85. The molecule has 0 saturated heterocycles. The minimum absolute atomic E-state index is 0. The monoisotopic (exact) mass is 419 g/mol. The first kappa shape index (κ1) is 22.5. The van der Waals surface area contributed by atoms with Crippen LogP contribution >= 0.6 is 12.4 Å². The van der Waals surface area contributed by atoms with Gasteiger partial charge in [0.1, 0.15) is 6.04 Å². The first-order valence-corrected chi connectivity index (χ1v) is 9.19. The van der Waals surface area contributed by atoms with Crippen LogP contribution in [0.4, 0.5) is 5.69 Å². The molecule has 4 N–H and O–H groups in total. The Kier molecular flexibility index (Phi) is 7.87. The van der Waals surface area contributed by atoms with E-state index in [1.165, 1.54) is 7.11 Å². The third kappa shape index (κ3) is 6.37. The molecule has 1 fully saturated rings. The van der Waals surface area contributed by atoms with Gasteiger partial charge in [0.25, 0.3) is 5.91 Å². The van der Waals surface area contributed by atoms with Crippen LogP contribution in [0, 0.1) is 6.92 Å². The van der Waals surface area contributed by atoms with E-state index in [2.05, 4.69) is 10.6 Å². The molecular formula is C21H26ClN3O4. The zero-order valence-corrected chi connectivity index (χ0v) is 17.3. The summed E-state index contributed by atoms with van der Waals surface area (Å²) in [6, 6.07) is 11.9. The molecule has 0 spiro atoms. The van der Waals surface area contributed by atoms with Gasteiger partial charge in [-0.1, -0.05) is 29.8 Å². The number of carbonyl (C=O) groups excluding carboxylic acids is 2. The molecule has 0 bridgehead atoms. The maximum Gasteiger partial charge on any atom is 0.258 e. The van der Waals surface area contributed by atoms with Crippen LogP contribution in [0.5, 0.6) is 11.5 Å². The average Bonchev–Trinajstić information content (AvgIpc) is 3.50. The first-order chi connectivity index (χ1) is 13.5. The second-order valence-electron chi connectivity index (χ2n) is 6.87. The fourth-order valence-electron chi connectivity index (χ4n) is 2.65. The van der Waals surface area contributed by atoms with Crippen LogP contribution in [0.2, 0.25) is 0 Å². The Hall–Kier alpha value is -2.77. The molecule has 1 atom stereocenters. The van der Waals surface area contributed by atoms with E-state index in [9.17, 15) is 9.59 Å². The molecular weight excluding hydrogens is 394 g/mol. The largest absolute Gasteiger partial charge is 0.493 e. The number of nitrogens with two attached hydrogens (primary N) is 1. The third-order valence-electron chi connectivity index (χ3n) is 4.45. The van der Waals surface area contributed by atoms with Gasteiger partial charge in [0.15, 0.2) is 18.1 Å². The quantitative estimate of drug-likeness (QED) is 0.610. The number of hydrogen-bond acceptors (Lipinski definition) is 5. The lowest BCUT2D eigenvalue weighted by atomic mass is 10.1. The molecule has 1 aliphatic rings. The van der Waals surface area contributed by atoms with Gasteiger partial charge >= 0.3 is 0 Å². The molecule has 0 aromatic heterocycles. The number of nitrogens with one attached hydrogen (secondary N) is 2. The van der Waals surface area contributed by atoms with Crippen molar-refractivity contribution in [3.8, 4) is 11.5 Å². The van der Waals surface area contributed by atoms with E-state index in [-0.39, 0.29) is 36.9 Å². The number of amides is 2. The first-order valence-electron chi connectivity index (χ1n) is 9.19. The summed E-state index contributed by atoms with van der Waals surface area (Å²) in [5.41, 5.74) is 8.39. The summed E-state index contributed by atoms with van der Waals surface area (Å²) in [6.07, 6.45) is 2.02. The Morgan fingerprint density at radius 2 is 1.83 bits per heavy atom. The van der Waals surface area contributed by atoms with Gasteiger partial charge in [0.05, 0.1) is 7.11 Å². The zero-order valence-electron chi connectivity index (χ0n) is 16.4. The summed E-state index contributed by atoms with van der Waals surface area (Å²) in [4.78, 5) is 24.3. The van der Waals surface area contributed by atoms with Crippen molar-refractivity contribution in [3.05, 3.63) is 53.6 Å². The Labute approximate surface area is 176 Å². The van der Waals surface area contributed by atoms with Crippen molar-refractivity contribution >= 4 is 29.9 Å². The maximum atomic E-state index is 12.5. The van der Waals surface area contributed by atoms with Crippen molar-refractivity contribution in [3.63, 3.8) is 0 Å². The molecule has 2 aromatic rings. The van der Waals surface area contributed by atoms with Crippen LogP contribution in [0.15, 0.2) is 42.5 Å². The average molecular weight is 420 g/mol. The highest BCUT2D eigenvalue weighted by atomic mass is 35.5. The Morgan fingerprint density at radius 3 is 2.45 bits per heavy atom. The van der Waals surface area contributed by atoms with Gasteiger partial charge < -0.3 is 25.8 Å². The van der Waals surface area contributed by atoms with Gasteiger partial charge in [-0.25, -0.2) is 0 Å². The topological polar surface area (TPSA) is 103 Å². The molecule has 7 nitrogen and oxygen atoms in total. The molecule has 1 aliphatic carbocycles. The molecule has 8 heteroatoms. The molecule has 0 heterocycles. The number of carbonyl (C=O) groups is 2. The lowest BCUT2D eigenvalue weighted by Crippen LogP contribution is -2.30. The number of aryl methyl sites for hydroxylation is 1. The summed E-state index contributed by atoms with van der Waals surface area (Å²) < 4.78 is 10.8. The predicted molar refractivity (Wildman–Crippen MR) is 114 cm³/mol. The summed E-state index contributed by atoms with van der Waals surface area (Å²) in [5.74, 6) is 0.321. The number of rotatable bonds is 8. The van der Waals surface area contributed by atoms with E-state index in [1.54, 1.807) is 18.2 Å². The number of halogens is 1. The van der Waals surface area contributed by atoms with E-state index >= 15 is 0 Å². The number of hydrogen-bond donors (Lipinski definition) is 3. The highest BCUT2D eigenvalue weighted by Crippen LogP contribution is 2.30. The Bertz CT molecular complexity index is 854. The molecule has 2 aromatic carbocycles. The summed E-state index contributed by atoms with van der Waals surface area (Å²) in [5, 5.41) is 5.63. The highest BCUT2D eigenvalue weighted by Gasteiger charge is 2.23. The SMILES string of the molecule is COc1ccc(NC(=O)C(N)c2ccc(C)cc2)cc1OCC(=O)NC1CC1.Cl. The zero-order chi connectivity index (χ0) is 20.1. The van der Waals surface area contributed by atoms with Crippen molar-refractivity contribution in [1.29, 1.82) is 0 Å². The normalized spacial score (nSPS) is 13.6. The van der Waals surface area contributed by atoms with Crippen LogP contribution in [0.1, 0.15) is 30.0 Å². The van der Waals surface area contributed by atoms with Gasteiger partial charge in [-0.3, -0.25) is 9.59 Å². The highest BCUT2D eigenvalue weighted by molar-refractivity contribution is 5.95. The number of anilines is 1. The van der Waals surface area contributed by atoms with E-state index in [0.29, 0.717) is 17.2 Å². The summed E-state index contributed by atoms with van der Waals surface area (Å²) >= 11 is 0. The number of methoxy groups -OCH3 is 1. The fraction of sp³-hybridized carbons (Fsp3) is 0.333. The van der Waals surface area contributed by atoms with Crippen LogP contribution in [-0.4, -0.2) is 31.6 Å². The fourth-order valence-corrected chi connectivity index (χ4v) is 2.65. The summed E-state index contributed by atoms with van der Waals surface area (Å²) in [7, 11) is 1.51. The molecule has 0 aliphatic heterocycles. The Morgan fingerprint density at radius 1 is 1.14 bits per heavy atom. The van der Waals surface area contributed by atoms with Crippen molar-refractivity contribution in [2.75, 3.05) is 19.0 Å². The smallest absolute Gasteiger partial charge is 0.258 e. The number of benzene rings is 2. The lowest BCUT2D eigenvalue weighted by Gasteiger charge is -2.15. The molecule has 156 valence electrons. The van der Waals surface area contributed by atoms with E-state index < -0.39 is 6.04 Å². The van der Waals surface area contributed by atoms with Gasteiger partial charge in [-0.15, -0.1) is 12.4 Å². The maximum absolute atomic E-state index is 12.5. The van der Waals surface area contributed by atoms with Crippen molar-refractivity contribution in [2.24, 2.45) is 5.73 Å². The molecule has 2 amide bonds. The number of ether oxygens (including phenoxy) is 2. The molecule has 3 rings (SSSR count). The van der Waals surface area contributed by atoms with Crippen molar-refractivity contribution in [2.45, 2.75) is 31.8 Å². The van der Waals surface area contributed by atoms with Gasteiger partial charge in [0.2, 0.25) is 5.91 Å².